The van der Waals surface area contributed by atoms with E-state index in [9.17, 15) is 8.78 Å². The molecule has 0 fully saturated rings. The predicted octanol–water partition coefficient (Wildman–Crippen LogP) is 4.97. The predicted molar refractivity (Wildman–Crippen MR) is 90.4 cm³/mol. The third-order valence-corrected chi connectivity index (χ3v) is 3.15. The van der Waals surface area contributed by atoms with Crippen molar-refractivity contribution in [2.75, 3.05) is 11.5 Å². The van der Waals surface area contributed by atoms with Gasteiger partial charge in [0.05, 0.1) is 0 Å². The summed E-state index contributed by atoms with van der Waals surface area (Å²) in [6.45, 7) is 9.46. The molecule has 4 N–H and O–H groups in total. The van der Waals surface area contributed by atoms with Crippen LogP contribution >= 0.6 is 0 Å². The van der Waals surface area contributed by atoms with Gasteiger partial charge in [-0.3, -0.25) is 0 Å². The molecule has 2 rings (SSSR count). The number of allylic oxidation sites excluding steroid dienone is 1. The first-order valence-electron chi connectivity index (χ1n) is 6.98. The first kappa shape index (κ1) is 17.7. The van der Waals surface area contributed by atoms with E-state index in [1.54, 1.807) is 19.1 Å². The van der Waals surface area contributed by atoms with Crippen LogP contribution in [0.5, 0.6) is 0 Å². The Morgan fingerprint density at radius 1 is 0.955 bits per heavy atom. The van der Waals surface area contributed by atoms with Gasteiger partial charge in [-0.1, -0.05) is 20.4 Å². The molecule has 4 heteroatoms. The van der Waals surface area contributed by atoms with Gasteiger partial charge in [0, 0.05) is 16.9 Å². The number of nitrogen functional groups attached to an aromatic ring is 2. The second-order valence-corrected chi connectivity index (χ2v) is 5.44. The lowest BCUT2D eigenvalue weighted by atomic mass is 10.0. The van der Waals surface area contributed by atoms with Crippen molar-refractivity contribution in [2.45, 2.75) is 26.7 Å². The van der Waals surface area contributed by atoms with E-state index in [0.717, 1.165) is 11.1 Å². The van der Waals surface area contributed by atoms with Gasteiger partial charge in [0.1, 0.15) is 11.6 Å². The van der Waals surface area contributed by atoms with Crippen molar-refractivity contribution >= 4 is 16.9 Å². The molecule has 0 saturated heterocycles. The lowest BCUT2D eigenvalue weighted by Gasteiger charge is -2.08. The number of hydrogen-bond acceptors (Lipinski definition) is 2. The Morgan fingerprint density at radius 2 is 1.45 bits per heavy atom. The minimum atomic E-state index is -0.280. The van der Waals surface area contributed by atoms with Gasteiger partial charge in [0.2, 0.25) is 0 Å². The number of halogens is 2. The summed E-state index contributed by atoms with van der Waals surface area (Å²) in [4.78, 5) is 0. The summed E-state index contributed by atoms with van der Waals surface area (Å²) in [6.07, 6.45) is 0. The normalized spacial score (nSPS) is 10.1. The zero-order valence-corrected chi connectivity index (χ0v) is 13.2. The molecule has 0 aliphatic heterocycles. The minimum Gasteiger partial charge on any atom is -0.398 e. The summed E-state index contributed by atoms with van der Waals surface area (Å²) >= 11 is 0. The van der Waals surface area contributed by atoms with Crippen molar-refractivity contribution in [1.29, 1.82) is 0 Å². The standard InChI is InChI=1S/C9H12FN.C9H10FN/c2*1-6(2)8-5-7(10)3-4-9(8)11/h3-6H,11H2,1-2H3;3-5H,1,11H2,2H3. The van der Waals surface area contributed by atoms with Gasteiger partial charge in [-0.15, -0.1) is 0 Å². The molecule has 2 nitrogen and oxygen atoms in total. The summed E-state index contributed by atoms with van der Waals surface area (Å²) in [5.41, 5.74) is 14.8. The van der Waals surface area contributed by atoms with Crippen LogP contribution in [-0.2, 0) is 0 Å². The van der Waals surface area contributed by atoms with E-state index in [4.69, 9.17) is 11.5 Å². The summed E-state index contributed by atoms with van der Waals surface area (Å²) in [5.74, 6) is -0.217. The fraction of sp³-hybridized carbons (Fsp3) is 0.222. The second kappa shape index (κ2) is 7.59. The van der Waals surface area contributed by atoms with Gasteiger partial charge >= 0.3 is 0 Å². The van der Waals surface area contributed by atoms with E-state index in [0.29, 0.717) is 16.9 Å². The molecule has 0 amide bonds. The lowest BCUT2D eigenvalue weighted by Crippen LogP contribution is -1.96. The van der Waals surface area contributed by atoms with E-state index in [2.05, 4.69) is 6.58 Å². The maximum atomic E-state index is 12.7. The van der Waals surface area contributed by atoms with Gasteiger partial charge in [0.25, 0.3) is 0 Å². The Hall–Kier alpha value is -2.36. The zero-order chi connectivity index (χ0) is 16.9. The maximum absolute atomic E-state index is 12.7. The second-order valence-electron chi connectivity index (χ2n) is 5.44. The number of hydrogen-bond donors (Lipinski definition) is 2. The van der Waals surface area contributed by atoms with Gasteiger partial charge in [-0.25, -0.2) is 8.78 Å². The van der Waals surface area contributed by atoms with E-state index in [1.807, 2.05) is 13.8 Å². The first-order chi connectivity index (χ1) is 10.2. The van der Waals surface area contributed by atoms with E-state index < -0.39 is 0 Å². The summed E-state index contributed by atoms with van der Waals surface area (Å²) < 4.78 is 25.3. The first-order valence-corrected chi connectivity index (χ1v) is 6.98. The monoisotopic (exact) mass is 304 g/mol. The summed E-state index contributed by atoms with van der Waals surface area (Å²) in [6, 6.07) is 8.73. The minimum absolute atomic E-state index is 0.220. The van der Waals surface area contributed by atoms with Crippen LogP contribution in [-0.4, -0.2) is 0 Å². The Morgan fingerprint density at radius 3 is 1.86 bits per heavy atom. The Labute approximate surface area is 130 Å². The van der Waals surface area contributed by atoms with Crippen molar-refractivity contribution in [3.63, 3.8) is 0 Å². The molecule has 0 atom stereocenters. The SMILES string of the molecule is C=C(C)c1cc(F)ccc1N.CC(C)c1cc(F)ccc1N. The van der Waals surface area contributed by atoms with Crippen LogP contribution in [0.15, 0.2) is 43.0 Å². The molecule has 0 heterocycles. The molecule has 2 aromatic rings. The number of rotatable bonds is 2. The Bertz CT molecular complexity index is 664. The smallest absolute Gasteiger partial charge is 0.123 e. The van der Waals surface area contributed by atoms with Crippen LogP contribution in [0.1, 0.15) is 37.8 Å². The topological polar surface area (TPSA) is 52.0 Å². The third kappa shape index (κ3) is 4.88. The average Bonchev–Trinajstić information content (AvgIpc) is 2.44. The van der Waals surface area contributed by atoms with Gasteiger partial charge in [0.15, 0.2) is 0 Å². The molecule has 0 unspecified atom stereocenters. The van der Waals surface area contributed by atoms with Gasteiger partial charge in [-0.05, 0) is 60.4 Å². The van der Waals surface area contributed by atoms with Crippen LogP contribution in [0.25, 0.3) is 5.57 Å². The van der Waals surface area contributed by atoms with Crippen LogP contribution in [0.4, 0.5) is 20.2 Å². The molecule has 0 spiro atoms. The molecule has 0 saturated carbocycles. The zero-order valence-electron chi connectivity index (χ0n) is 13.2. The van der Waals surface area contributed by atoms with Crippen molar-refractivity contribution in [3.05, 3.63) is 65.7 Å². The fourth-order valence-corrected chi connectivity index (χ4v) is 1.94. The number of nitrogens with two attached hydrogens (primary N) is 2. The van der Waals surface area contributed by atoms with E-state index in [1.165, 1.54) is 24.3 Å². The van der Waals surface area contributed by atoms with Crippen molar-refractivity contribution in [1.82, 2.24) is 0 Å². The van der Waals surface area contributed by atoms with E-state index >= 15 is 0 Å². The van der Waals surface area contributed by atoms with Crippen LogP contribution < -0.4 is 11.5 Å². The third-order valence-electron chi connectivity index (χ3n) is 3.15. The van der Waals surface area contributed by atoms with Crippen LogP contribution in [0.2, 0.25) is 0 Å². The largest absolute Gasteiger partial charge is 0.398 e. The number of anilines is 2. The van der Waals surface area contributed by atoms with E-state index in [-0.39, 0.29) is 17.6 Å². The Kier molecular flexibility index (Phi) is 6.11. The Balaban J connectivity index is 0.000000220. The quantitative estimate of drug-likeness (QED) is 0.769. The van der Waals surface area contributed by atoms with Gasteiger partial charge in [-0.2, -0.15) is 0 Å². The molecular weight excluding hydrogens is 282 g/mol. The maximum Gasteiger partial charge on any atom is 0.123 e. The number of benzene rings is 2. The van der Waals surface area contributed by atoms with Gasteiger partial charge < -0.3 is 11.5 Å². The molecular formula is C18H22F2N2. The molecule has 0 aliphatic carbocycles. The van der Waals surface area contributed by atoms with Crippen molar-refractivity contribution in [3.8, 4) is 0 Å². The van der Waals surface area contributed by atoms with Crippen molar-refractivity contribution in [2.24, 2.45) is 0 Å². The van der Waals surface area contributed by atoms with Crippen molar-refractivity contribution < 1.29 is 8.78 Å². The molecule has 22 heavy (non-hydrogen) atoms. The van der Waals surface area contributed by atoms with Crippen LogP contribution in [0.3, 0.4) is 0 Å². The molecule has 118 valence electrons. The fourth-order valence-electron chi connectivity index (χ4n) is 1.94. The lowest BCUT2D eigenvalue weighted by molar-refractivity contribution is 0.623. The highest BCUT2D eigenvalue weighted by molar-refractivity contribution is 5.72. The summed E-state index contributed by atoms with van der Waals surface area (Å²) in [5, 5.41) is 0. The molecule has 0 radical (unpaired) electrons. The highest BCUT2D eigenvalue weighted by Gasteiger charge is 2.04. The van der Waals surface area contributed by atoms with Crippen LogP contribution in [0, 0.1) is 11.6 Å². The molecule has 2 aromatic carbocycles. The average molecular weight is 304 g/mol. The molecule has 0 aliphatic rings. The molecule has 0 aromatic heterocycles. The summed E-state index contributed by atoms with van der Waals surface area (Å²) in [7, 11) is 0. The highest BCUT2D eigenvalue weighted by Crippen LogP contribution is 2.22. The molecule has 0 bridgehead atoms. The highest BCUT2D eigenvalue weighted by atomic mass is 19.1.